The Hall–Kier alpha value is -1.25. The standard InChI is InChI=1S/C14H19BrN2O2/c1-4-18-13-7-11(5-9(2)17)6-12(15)14(13)19-10(3)8-16/h6-7,9-10H,4-5,17H2,1-3H3. The first kappa shape index (κ1) is 15.8. The summed E-state index contributed by atoms with van der Waals surface area (Å²) in [6, 6.07) is 5.98. The van der Waals surface area contributed by atoms with Gasteiger partial charge in [0.05, 0.1) is 11.1 Å². The van der Waals surface area contributed by atoms with Crippen LogP contribution in [0.3, 0.4) is 0 Å². The second-order valence-corrected chi connectivity index (χ2v) is 5.26. The van der Waals surface area contributed by atoms with Gasteiger partial charge in [-0.3, -0.25) is 0 Å². The van der Waals surface area contributed by atoms with E-state index in [4.69, 9.17) is 20.5 Å². The van der Waals surface area contributed by atoms with Crippen molar-refractivity contribution in [3.8, 4) is 17.6 Å². The molecule has 0 fully saturated rings. The van der Waals surface area contributed by atoms with E-state index in [1.807, 2.05) is 32.0 Å². The molecule has 5 heteroatoms. The van der Waals surface area contributed by atoms with Crippen LogP contribution in [0.2, 0.25) is 0 Å². The fourth-order valence-electron chi connectivity index (χ4n) is 1.69. The lowest BCUT2D eigenvalue weighted by molar-refractivity contribution is 0.248. The minimum Gasteiger partial charge on any atom is -0.490 e. The molecular weight excluding hydrogens is 308 g/mol. The van der Waals surface area contributed by atoms with Crippen LogP contribution >= 0.6 is 15.9 Å². The van der Waals surface area contributed by atoms with Gasteiger partial charge in [0.2, 0.25) is 0 Å². The molecule has 0 aliphatic rings. The van der Waals surface area contributed by atoms with E-state index in [2.05, 4.69) is 15.9 Å². The van der Waals surface area contributed by atoms with Gasteiger partial charge in [0, 0.05) is 6.04 Å². The van der Waals surface area contributed by atoms with Gasteiger partial charge in [-0.1, -0.05) is 0 Å². The second kappa shape index (κ2) is 7.37. The van der Waals surface area contributed by atoms with Crippen molar-refractivity contribution in [2.24, 2.45) is 5.73 Å². The summed E-state index contributed by atoms with van der Waals surface area (Å²) in [4.78, 5) is 0. The van der Waals surface area contributed by atoms with Crippen molar-refractivity contribution in [2.45, 2.75) is 39.3 Å². The van der Waals surface area contributed by atoms with Gasteiger partial charge in [0.15, 0.2) is 17.6 Å². The fraction of sp³-hybridized carbons (Fsp3) is 0.500. The van der Waals surface area contributed by atoms with Gasteiger partial charge in [-0.2, -0.15) is 5.26 Å². The van der Waals surface area contributed by atoms with Crippen LogP contribution < -0.4 is 15.2 Å². The summed E-state index contributed by atoms with van der Waals surface area (Å²) in [5.74, 6) is 1.19. The Morgan fingerprint density at radius 1 is 1.42 bits per heavy atom. The molecule has 1 rings (SSSR count). The first-order valence-corrected chi connectivity index (χ1v) is 7.04. The SMILES string of the molecule is CCOc1cc(CC(C)N)cc(Br)c1OC(C)C#N. The molecule has 2 N–H and O–H groups in total. The van der Waals surface area contributed by atoms with Crippen LogP contribution in [-0.4, -0.2) is 18.8 Å². The maximum Gasteiger partial charge on any atom is 0.181 e. The van der Waals surface area contributed by atoms with Crippen LogP contribution in [0.4, 0.5) is 0 Å². The Kier molecular flexibility index (Phi) is 6.13. The van der Waals surface area contributed by atoms with E-state index in [1.165, 1.54) is 0 Å². The highest BCUT2D eigenvalue weighted by Crippen LogP contribution is 2.37. The lowest BCUT2D eigenvalue weighted by atomic mass is 10.1. The molecule has 0 aliphatic carbocycles. The third kappa shape index (κ3) is 4.73. The molecule has 0 aliphatic heterocycles. The molecule has 19 heavy (non-hydrogen) atoms. The number of ether oxygens (including phenoxy) is 2. The van der Waals surface area contributed by atoms with E-state index in [0.29, 0.717) is 18.1 Å². The fourth-order valence-corrected chi connectivity index (χ4v) is 2.27. The number of nitrogens with zero attached hydrogens (tertiary/aromatic N) is 1. The summed E-state index contributed by atoms with van der Waals surface area (Å²) in [6.45, 7) is 6.09. The van der Waals surface area contributed by atoms with Gasteiger partial charge in [0.1, 0.15) is 6.07 Å². The van der Waals surface area contributed by atoms with Crippen LogP contribution in [0.15, 0.2) is 16.6 Å². The zero-order valence-corrected chi connectivity index (χ0v) is 13.0. The Bertz CT molecular complexity index is 469. The van der Waals surface area contributed by atoms with Gasteiger partial charge < -0.3 is 15.2 Å². The topological polar surface area (TPSA) is 68.3 Å². The number of nitrogens with two attached hydrogens (primary N) is 1. The summed E-state index contributed by atoms with van der Waals surface area (Å²) in [5, 5.41) is 8.83. The van der Waals surface area contributed by atoms with Crippen molar-refractivity contribution in [2.75, 3.05) is 6.61 Å². The normalized spacial score (nSPS) is 13.5. The third-order valence-corrected chi connectivity index (χ3v) is 2.99. The van der Waals surface area contributed by atoms with Crippen molar-refractivity contribution in [1.29, 1.82) is 5.26 Å². The van der Waals surface area contributed by atoms with E-state index in [0.717, 1.165) is 16.5 Å². The molecule has 0 amide bonds. The molecule has 0 saturated carbocycles. The van der Waals surface area contributed by atoms with Crippen LogP contribution in [0.25, 0.3) is 0 Å². The van der Waals surface area contributed by atoms with Gasteiger partial charge >= 0.3 is 0 Å². The Labute approximate surface area is 122 Å². The minimum absolute atomic E-state index is 0.0752. The predicted molar refractivity (Wildman–Crippen MR) is 78.4 cm³/mol. The number of rotatable bonds is 6. The zero-order valence-electron chi connectivity index (χ0n) is 11.4. The zero-order chi connectivity index (χ0) is 14.4. The van der Waals surface area contributed by atoms with Crippen LogP contribution in [0, 0.1) is 11.3 Å². The smallest absolute Gasteiger partial charge is 0.181 e. The Balaban J connectivity index is 3.11. The van der Waals surface area contributed by atoms with Gasteiger partial charge in [0.25, 0.3) is 0 Å². The lowest BCUT2D eigenvalue weighted by Gasteiger charge is -2.17. The molecule has 0 saturated heterocycles. The van der Waals surface area contributed by atoms with Gasteiger partial charge in [-0.15, -0.1) is 0 Å². The Morgan fingerprint density at radius 2 is 2.11 bits per heavy atom. The number of hydrogen-bond acceptors (Lipinski definition) is 4. The van der Waals surface area contributed by atoms with E-state index in [1.54, 1.807) is 6.92 Å². The second-order valence-electron chi connectivity index (χ2n) is 4.41. The van der Waals surface area contributed by atoms with Crippen LogP contribution in [-0.2, 0) is 6.42 Å². The maximum absolute atomic E-state index is 8.83. The summed E-state index contributed by atoms with van der Waals surface area (Å²) in [5.41, 5.74) is 6.88. The average molecular weight is 327 g/mol. The van der Waals surface area contributed by atoms with Crippen molar-refractivity contribution in [3.63, 3.8) is 0 Å². The van der Waals surface area contributed by atoms with E-state index >= 15 is 0 Å². The first-order valence-electron chi connectivity index (χ1n) is 6.25. The largest absolute Gasteiger partial charge is 0.490 e. The number of nitriles is 1. The highest BCUT2D eigenvalue weighted by molar-refractivity contribution is 9.10. The number of halogens is 1. The molecule has 104 valence electrons. The van der Waals surface area contributed by atoms with Crippen LogP contribution in [0.1, 0.15) is 26.3 Å². The summed E-state index contributed by atoms with van der Waals surface area (Å²) in [6.07, 6.45) is 0.224. The molecule has 0 aromatic heterocycles. The van der Waals surface area contributed by atoms with Gasteiger partial charge in [-0.05, 0) is 60.8 Å². The molecule has 1 aromatic rings. The van der Waals surface area contributed by atoms with E-state index in [-0.39, 0.29) is 6.04 Å². The molecule has 0 spiro atoms. The van der Waals surface area contributed by atoms with Crippen molar-refractivity contribution in [3.05, 3.63) is 22.2 Å². The van der Waals surface area contributed by atoms with E-state index < -0.39 is 6.10 Å². The molecule has 2 atom stereocenters. The summed E-state index contributed by atoms with van der Waals surface area (Å²) < 4.78 is 11.9. The molecule has 1 aromatic carbocycles. The molecule has 0 radical (unpaired) electrons. The molecule has 2 unspecified atom stereocenters. The van der Waals surface area contributed by atoms with Gasteiger partial charge in [-0.25, -0.2) is 0 Å². The first-order chi connectivity index (χ1) is 8.97. The van der Waals surface area contributed by atoms with Crippen molar-refractivity contribution < 1.29 is 9.47 Å². The monoisotopic (exact) mass is 326 g/mol. The number of hydrogen-bond donors (Lipinski definition) is 1. The maximum atomic E-state index is 8.83. The minimum atomic E-state index is -0.533. The molecule has 0 bridgehead atoms. The quantitative estimate of drug-likeness (QED) is 0.872. The Morgan fingerprint density at radius 3 is 2.63 bits per heavy atom. The third-order valence-electron chi connectivity index (χ3n) is 2.40. The highest BCUT2D eigenvalue weighted by Gasteiger charge is 2.15. The molecule has 0 heterocycles. The van der Waals surface area contributed by atoms with Crippen LogP contribution in [0.5, 0.6) is 11.5 Å². The van der Waals surface area contributed by atoms with Crippen molar-refractivity contribution >= 4 is 15.9 Å². The highest BCUT2D eigenvalue weighted by atomic mass is 79.9. The lowest BCUT2D eigenvalue weighted by Crippen LogP contribution is -2.18. The molecular formula is C14H19BrN2O2. The van der Waals surface area contributed by atoms with Crippen molar-refractivity contribution in [1.82, 2.24) is 0 Å². The average Bonchev–Trinajstić information content (AvgIpc) is 2.32. The van der Waals surface area contributed by atoms with E-state index in [9.17, 15) is 0 Å². The summed E-state index contributed by atoms with van der Waals surface area (Å²) in [7, 11) is 0. The predicted octanol–water partition coefficient (Wildman–Crippen LogP) is 3.03. The summed E-state index contributed by atoms with van der Waals surface area (Å²) >= 11 is 3.46. The number of benzene rings is 1. The molecule has 4 nitrogen and oxygen atoms in total.